The Morgan fingerprint density at radius 1 is 1.21 bits per heavy atom. The van der Waals surface area contributed by atoms with E-state index in [1.165, 1.54) is 31.1 Å². The number of nitrogens with one attached hydrogen (secondary N) is 2. The highest BCUT2D eigenvalue weighted by Gasteiger charge is 2.40. The fourth-order valence-corrected chi connectivity index (χ4v) is 5.95. The van der Waals surface area contributed by atoms with Crippen molar-refractivity contribution in [3.05, 3.63) is 35.5 Å². The molecule has 2 N–H and O–H groups in total. The van der Waals surface area contributed by atoms with E-state index in [-0.39, 0.29) is 17.9 Å². The Bertz CT molecular complexity index is 857. The van der Waals surface area contributed by atoms with Crippen molar-refractivity contribution >= 4 is 40.6 Å². The Hall–Kier alpha value is -1.90. The van der Waals surface area contributed by atoms with E-state index >= 15 is 0 Å². The lowest BCUT2D eigenvalue weighted by Crippen LogP contribution is -2.62. The third kappa shape index (κ3) is 4.24. The molecule has 3 saturated heterocycles. The quantitative estimate of drug-likeness (QED) is 0.781. The first-order valence-corrected chi connectivity index (χ1v) is 11.2. The van der Waals surface area contributed by atoms with Crippen LogP contribution in [-0.2, 0) is 4.79 Å². The van der Waals surface area contributed by atoms with Gasteiger partial charge in [0.15, 0.2) is 5.01 Å². The van der Waals surface area contributed by atoms with Crippen LogP contribution in [-0.4, -0.2) is 46.9 Å². The SMILES string of the molecule is CC(=O)Nc1ccc(Sc2cnc(C(=O)NC3C4CCN(CC4)C3C)s2)cc1. The number of amides is 2. The second-order valence-corrected chi connectivity index (χ2v) is 9.81. The van der Waals surface area contributed by atoms with Crippen LogP contribution in [0.4, 0.5) is 5.69 Å². The van der Waals surface area contributed by atoms with Gasteiger partial charge in [-0.2, -0.15) is 0 Å². The molecule has 0 aliphatic carbocycles. The molecule has 0 radical (unpaired) electrons. The average Bonchev–Trinajstić information content (AvgIpc) is 3.15. The lowest BCUT2D eigenvalue weighted by Gasteiger charge is -2.49. The number of nitrogens with zero attached hydrogens (tertiary/aromatic N) is 2. The highest BCUT2D eigenvalue weighted by molar-refractivity contribution is 8.01. The van der Waals surface area contributed by atoms with Crippen LogP contribution in [0.3, 0.4) is 0 Å². The van der Waals surface area contributed by atoms with E-state index in [1.807, 2.05) is 24.3 Å². The van der Waals surface area contributed by atoms with Crippen molar-refractivity contribution in [3.8, 4) is 0 Å². The summed E-state index contributed by atoms with van der Waals surface area (Å²) in [5.74, 6) is 0.430. The summed E-state index contributed by atoms with van der Waals surface area (Å²) in [5.41, 5.74) is 0.771. The van der Waals surface area contributed by atoms with Crippen LogP contribution in [0.15, 0.2) is 39.6 Å². The van der Waals surface area contributed by atoms with Crippen LogP contribution < -0.4 is 10.6 Å². The molecule has 148 valence electrons. The summed E-state index contributed by atoms with van der Waals surface area (Å²) in [6.07, 6.45) is 4.09. The first kappa shape index (κ1) is 19.4. The molecule has 3 aliphatic rings. The predicted octanol–water partition coefficient (Wildman–Crippen LogP) is 3.47. The van der Waals surface area contributed by atoms with E-state index in [1.54, 1.807) is 18.0 Å². The molecule has 2 aromatic rings. The Morgan fingerprint density at radius 2 is 1.93 bits per heavy atom. The second kappa shape index (κ2) is 8.23. The zero-order valence-corrected chi connectivity index (χ0v) is 17.6. The largest absolute Gasteiger partial charge is 0.345 e. The number of fused-ring (bicyclic) bond motifs is 3. The second-order valence-electron chi connectivity index (χ2n) is 7.41. The molecule has 6 nitrogen and oxygen atoms in total. The lowest BCUT2D eigenvalue weighted by molar-refractivity contribution is -0.114. The number of aromatic nitrogens is 1. The third-order valence-electron chi connectivity index (χ3n) is 5.55. The topological polar surface area (TPSA) is 74.3 Å². The summed E-state index contributed by atoms with van der Waals surface area (Å²) >= 11 is 2.98. The molecule has 2 bridgehead atoms. The summed E-state index contributed by atoms with van der Waals surface area (Å²) < 4.78 is 0.972. The highest BCUT2D eigenvalue weighted by atomic mass is 32.2. The summed E-state index contributed by atoms with van der Waals surface area (Å²) in [5, 5.41) is 6.51. The predicted molar refractivity (Wildman–Crippen MR) is 112 cm³/mol. The van der Waals surface area contributed by atoms with Gasteiger partial charge in [-0.1, -0.05) is 11.8 Å². The summed E-state index contributed by atoms with van der Waals surface area (Å²) in [6.45, 7) is 6.00. The van der Waals surface area contributed by atoms with Crippen LogP contribution in [0.25, 0.3) is 0 Å². The lowest BCUT2D eigenvalue weighted by atomic mass is 9.79. The van der Waals surface area contributed by atoms with Gasteiger partial charge in [-0.05, 0) is 63.0 Å². The van der Waals surface area contributed by atoms with E-state index in [4.69, 9.17) is 0 Å². The molecular weight excluding hydrogens is 392 g/mol. The van der Waals surface area contributed by atoms with Crippen LogP contribution in [0, 0.1) is 5.92 Å². The Morgan fingerprint density at radius 3 is 2.57 bits per heavy atom. The number of anilines is 1. The Balaban J connectivity index is 1.37. The normalized spacial score (nSPS) is 26.1. The summed E-state index contributed by atoms with van der Waals surface area (Å²) in [6, 6.07) is 8.25. The fourth-order valence-electron chi connectivity index (χ4n) is 4.10. The summed E-state index contributed by atoms with van der Waals surface area (Å²) in [4.78, 5) is 31.7. The maximum Gasteiger partial charge on any atom is 0.280 e. The van der Waals surface area contributed by atoms with Gasteiger partial charge in [0.2, 0.25) is 5.91 Å². The smallest absolute Gasteiger partial charge is 0.280 e. The Kier molecular flexibility index (Phi) is 5.70. The van der Waals surface area contributed by atoms with Crippen molar-refractivity contribution in [1.29, 1.82) is 0 Å². The number of carbonyl (C=O) groups is 2. The number of hydrogen-bond acceptors (Lipinski definition) is 6. The molecule has 1 aromatic carbocycles. The first-order chi connectivity index (χ1) is 13.5. The Labute approximate surface area is 173 Å². The van der Waals surface area contributed by atoms with Gasteiger partial charge in [-0.25, -0.2) is 4.98 Å². The maximum atomic E-state index is 12.7. The minimum Gasteiger partial charge on any atom is -0.345 e. The van der Waals surface area contributed by atoms with Gasteiger partial charge in [0.1, 0.15) is 0 Å². The van der Waals surface area contributed by atoms with Crippen molar-refractivity contribution < 1.29 is 9.59 Å². The molecule has 3 aliphatic heterocycles. The fraction of sp³-hybridized carbons (Fsp3) is 0.450. The molecule has 8 heteroatoms. The maximum absolute atomic E-state index is 12.7. The van der Waals surface area contributed by atoms with Crippen molar-refractivity contribution in [1.82, 2.24) is 15.2 Å². The average molecular weight is 417 g/mol. The molecule has 0 spiro atoms. The number of benzene rings is 1. The minimum atomic E-state index is -0.0872. The van der Waals surface area contributed by atoms with E-state index in [0.29, 0.717) is 17.0 Å². The van der Waals surface area contributed by atoms with Crippen LogP contribution in [0.5, 0.6) is 0 Å². The number of piperidine rings is 3. The van der Waals surface area contributed by atoms with Crippen LogP contribution in [0.1, 0.15) is 36.5 Å². The highest BCUT2D eigenvalue weighted by Crippen LogP contribution is 2.34. The van der Waals surface area contributed by atoms with Crippen LogP contribution in [0.2, 0.25) is 0 Å². The minimum absolute atomic E-state index is 0.0662. The standard InChI is InChI=1S/C20H24N4O2S2/c1-12-18(14-7-9-24(12)10-8-14)23-19(26)20-21-11-17(28-20)27-16-5-3-15(4-6-16)22-13(2)25/h3-6,11-12,14,18H,7-10H2,1-2H3,(H,22,25)(H,23,26). The third-order valence-corrected chi connectivity index (χ3v) is 7.65. The number of rotatable bonds is 5. The molecule has 28 heavy (non-hydrogen) atoms. The number of thiazole rings is 1. The molecule has 1 aromatic heterocycles. The van der Waals surface area contributed by atoms with Gasteiger partial charge in [0, 0.05) is 29.6 Å². The van der Waals surface area contributed by atoms with Crippen molar-refractivity contribution in [2.45, 2.75) is 47.9 Å². The van der Waals surface area contributed by atoms with Gasteiger partial charge in [0.05, 0.1) is 10.4 Å². The zero-order chi connectivity index (χ0) is 19.7. The molecule has 0 saturated carbocycles. The van der Waals surface area contributed by atoms with E-state index in [9.17, 15) is 9.59 Å². The molecule has 2 unspecified atom stereocenters. The van der Waals surface area contributed by atoms with Gasteiger partial charge >= 0.3 is 0 Å². The molecule has 2 atom stereocenters. The molecule has 4 heterocycles. The van der Waals surface area contributed by atoms with Crippen molar-refractivity contribution in [3.63, 3.8) is 0 Å². The monoisotopic (exact) mass is 416 g/mol. The molecule has 2 amide bonds. The van der Waals surface area contributed by atoms with Gasteiger partial charge < -0.3 is 10.6 Å². The number of carbonyl (C=O) groups excluding carboxylic acids is 2. The van der Waals surface area contributed by atoms with E-state index < -0.39 is 0 Å². The van der Waals surface area contributed by atoms with Crippen molar-refractivity contribution in [2.24, 2.45) is 5.92 Å². The molecular formula is C20H24N4O2S2. The van der Waals surface area contributed by atoms with E-state index in [0.717, 1.165) is 27.9 Å². The van der Waals surface area contributed by atoms with Crippen molar-refractivity contribution in [2.75, 3.05) is 18.4 Å². The molecule has 3 fully saturated rings. The van der Waals surface area contributed by atoms with Gasteiger partial charge in [-0.15, -0.1) is 11.3 Å². The number of hydrogen-bond donors (Lipinski definition) is 2. The first-order valence-electron chi connectivity index (χ1n) is 9.56. The molecule has 5 rings (SSSR count). The zero-order valence-electron chi connectivity index (χ0n) is 16.0. The van der Waals surface area contributed by atoms with Crippen LogP contribution >= 0.6 is 23.1 Å². The van der Waals surface area contributed by atoms with E-state index in [2.05, 4.69) is 27.4 Å². The summed E-state index contributed by atoms with van der Waals surface area (Å²) in [7, 11) is 0. The van der Waals surface area contributed by atoms with Gasteiger partial charge in [0.25, 0.3) is 5.91 Å². The van der Waals surface area contributed by atoms with Gasteiger partial charge in [-0.3, -0.25) is 14.5 Å².